The molecule has 7 rings (SSSR count). The van der Waals surface area contributed by atoms with Crippen LogP contribution >= 0.6 is 11.3 Å². The Morgan fingerprint density at radius 3 is 2.20 bits per heavy atom. The Kier molecular flexibility index (Phi) is 19.2. The van der Waals surface area contributed by atoms with Crippen molar-refractivity contribution < 1.29 is 61.4 Å². The van der Waals surface area contributed by atoms with E-state index in [1.54, 1.807) is 47.2 Å². The number of aromatic nitrogens is 1. The molecule has 3 heterocycles. The number of Topliss-reactive ketones (excluding diaryl/α,β-unsaturated/α-hetero) is 1. The quantitative estimate of drug-likeness (QED) is 0.0517. The van der Waals surface area contributed by atoms with Crippen LogP contribution in [0.1, 0.15) is 132 Å². The highest BCUT2D eigenvalue weighted by molar-refractivity contribution is 7.13. The van der Waals surface area contributed by atoms with Gasteiger partial charge in [-0.15, -0.1) is 11.3 Å². The minimum Gasteiger partial charge on any atom is -0.427 e. The molecule has 2 fully saturated rings. The number of carbonyl (C=O) groups is 8. The van der Waals surface area contributed by atoms with Crippen LogP contribution < -0.4 is 16.0 Å². The first-order chi connectivity index (χ1) is 37.3. The van der Waals surface area contributed by atoms with Crippen molar-refractivity contribution in [3.8, 4) is 10.4 Å². The van der Waals surface area contributed by atoms with Crippen molar-refractivity contribution in [1.29, 1.82) is 0 Å². The van der Waals surface area contributed by atoms with Gasteiger partial charge in [0.05, 0.1) is 22.2 Å². The average Bonchev–Trinajstić information content (AvgIpc) is 4.38. The van der Waals surface area contributed by atoms with Gasteiger partial charge in [-0.2, -0.15) is 13.2 Å². The normalized spacial score (nSPS) is 18.8. The third-order valence-corrected chi connectivity index (χ3v) is 15.9. The highest BCUT2D eigenvalue weighted by Gasteiger charge is 2.59. The standard InChI is InChI=1S/C58H70F3N7O10S/c1-35-14-16-39(17-15-35)31-66(37(3)58(59,60)61)49(73)33-68-54(76)57(78-55(68)77)27-26-41-28-42(22-24-45(41)57)64-48(72)25-23-43(69)12-10-8-7-9-11-13-47(71)65-51(56(4,5)6)53(75)67-32-44(70)29-46(67)52(74)62-30-38-18-20-40(21-19-38)50-36(2)63-34-79-50/h14-22,24,28,34,37,44,46,51,70H,7-13,23,25-27,29-33H2,1-6H3,(H,62,74)(H,64,72)(H,65,71)/t37-,44+,46-,51+,57+/m0/s1. The van der Waals surface area contributed by atoms with E-state index in [0.29, 0.717) is 51.4 Å². The molecule has 0 radical (unpaired) electrons. The van der Waals surface area contributed by atoms with E-state index >= 15 is 0 Å². The second kappa shape index (κ2) is 25.4. The second-order valence-corrected chi connectivity index (χ2v) is 22.8. The summed E-state index contributed by atoms with van der Waals surface area (Å²) in [5, 5.41) is 19.2. The Hall–Kier alpha value is -7.00. The number of fused-ring (bicyclic) bond motifs is 2. The number of hydrogen-bond acceptors (Lipinski definition) is 12. The Morgan fingerprint density at radius 1 is 0.873 bits per heavy atom. The van der Waals surface area contributed by atoms with Crippen molar-refractivity contribution in [3.05, 3.63) is 106 Å². The lowest BCUT2D eigenvalue weighted by Crippen LogP contribution is -2.57. The number of aliphatic hydroxyl groups excluding tert-OH is 1. The third-order valence-electron chi connectivity index (χ3n) is 14.9. The zero-order valence-corrected chi connectivity index (χ0v) is 46.3. The summed E-state index contributed by atoms with van der Waals surface area (Å²) in [5.41, 5.74) is 4.79. The third kappa shape index (κ3) is 14.8. The van der Waals surface area contributed by atoms with Gasteiger partial charge in [0.1, 0.15) is 30.5 Å². The molecule has 0 saturated carbocycles. The number of alkyl halides is 3. The molecule has 0 unspecified atom stereocenters. The van der Waals surface area contributed by atoms with E-state index in [4.69, 9.17) is 4.74 Å². The highest BCUT2D eigenvalue weighted by Crippen LogP contribution is 2.46. The number of benzene rings is 3. The first kappa shape index (κ1) is 59.7. The van der Waals surface area contributed by atoms with Crippen molar-refractivity contribution in [2.75, 3.05) is 18.4 Å². The van der Waals surface area contributed by atoms with Crippen LogP contribution in [0.4, 0.5) is 23.7 Å². The Morgan fingerprint density at radius 2 is 1.54 bits per heavy atom. The molecule has 21 heteroatoms. The minimum atomic E-state index is -4.78. The SMILES string of the molecule is Cc1ccc(CN(C(=O)CN2C(=O)O[C@@]3(CCc4cc(NC(=O)CCC(=O)CCCCCCCC(=O)N[C@H](C(=O)N5C[C@H](O)C[C@H]5C(=O)NCc5ccc(-c6scnc6C)cc5)C(C)(C)C)ccc43)C2=O)[C@@H](C)C(F)(F)F)cc1. The number of amides is 7. The van der Waals surface area contributed by atoms with Crippen LogP contribution in [-0.4, -0.2) is 116 Å². The van der Waals surface area contributed by atoms with Crippen LogP contribution in [0, 0.1) is 19.3 Å². The summed E-state index contributed by atoms with van der Waals surface area (Å²) < 4.78 is 47.4. The molecular weight excluding hydrogens is 1040 g/mol. The van der Waals surface area contributed by atoms with Gasteiger partial charge in [0, 0.05) is 69.4 Å². The summed E-state index contributed by atoms with van der Waals surface area (Å²) >= 11 is 1.55. The van der Waals surface area contributed by atoms with Gasteiger partial charge in [0.15, 0.2) is 0 Å². The van der Waals surface area contributed by atoms with Crippen LogP contribution in [0.25, 0.3) is 10.4 Å². The zero-order valence-electron chi connectivity index (χ0n) is 45.5. The van der Waals surface area contributed by atoms with Crippen LogP contribution in [0.5, 0.6) is 0 Å². The van der Waals surface area contributed by atoms with Crippen LogP contribution in [0.3, 0.4) is 0 Å². The summed E-state index contributed by atoms with van der Waals surface area (Å²) in [7, 11) is 0. The number of aryl methyl sites for hydroxylation is 3. The van der Waals surface area contributed by atoms with Crippen molar-refractivity contribution in [3.63, 3.8) is 0 Å². The summed E-state index contributed by atoms with van der Waals surface area (Å²) in [5.74, 6) is -3.58. The fourth-order valence-corrected chi connectivity index (χ4v) is 11.0. The highest BCUT2D eigenvalue weighted by atomic mass is 32.1. The largest absolute Gasteiger partial charge is 0.427 e. The molecule has 1 aromatic heterocycles. The van der Waals surface area contributed by atoms with E-state index in [1.165, 1.54) is 17.0 Å². The summed E-state index contributed by atoms with van der Waals surface area (Å²) in [4.78, 5) is 115. The van der Waals surface area contributed by atoms with Gasteiger partial charge < -0.3 is 35.6 Å². The summed E-state index contributed by atoms with van der Waals surface area (Å²) in [6, 6.07) is 15.0. The van der Waals surface area contributed by atoms with Gasteiger partial charge in [0.2, 0.25) is 35.1 Å². The van der Waals surface area contributed by atoms with Gasteiger partial charge in [0.25, 0.3) is 5.91 Å². The number of β-amino-alcohol motifs (C(OH)–C–C–N with tert-alkyl or cyclic N) is 1. The van der Waals surface area contributed by atoms with Crippen molar-refractivity contribution in [2.24, 2.45) is 5.41 Å². The van der Waals surface area contributed by atoms with E-state index in [-0.39, 0.29) is 75.6 Å². The molecule has 1 aliphatic carbocycles. The first-order valence-corrected chi connectivity index (χ1v) is 27.7. The lowest BCUT2D eigenvalue weighted by atomic mass is 9.85. The van der Waals surface area contributed by atoms with Crippen molar-refractivity contribution >= 4 is 64.3 Å². The number of likely N-dealkylation sites (tertiary alicyclic amines) is 1. The number of nitrogens with one attached hydrogen (secondary N) is 3. The summed E-state index contributed by atoms with van der Waals surface area (Å²) in [6.07, 6.45) is -2.72. The van der Waals surface area contributed by atoms with Gasteiger partial charge in [-0.25, -0.2) is 14.7 Å². The number of aliphatic hydroxyl groups is 1. The molecule has 2 saturated heterocycles. The number of imide groups is 1. The molecule has 0 bridgehead atoms. The molecule has 1 spiro atoms. The van der Waals surface area contributed by atoms with Crippen LogP contribution in [0.15, 0.2) is 72.2 Å². The molecule has 5 atom stereocenters. The number of anilines is 1. The molecule has 17 nitrogen and oxygen atoms in total. The van der Waals surface area contributed by atoms with Crippen molar-refractivity contribution in [2.45, 2.75) is 168 Å². The van der Waals surface area contributed by atoms with Gasteiger partial charge in [-0.1, -0.05) is 100 Å². The number of ether oxygens (including phenoxy) is 1. The fourth-order valence-electron chi connectivity index (χ4n) is 10.2. The number of unbranched alkanes of at least 4 members (excludes halogenated alkanes) is 4. The number of nitrogens with zero attached hydrogens (tertiary/aromatic N) is 4. The second-order valence-electron chi connectivity index (χ2n) is 22.0. The lowest BCUT2D eigenvalue weighted by molar-refractivity contribution is -0.187. The Bertz CT molecular complexity index is 2910. The average molecular weight is 1110 g/mol. The van der Waals surface area contributed by atoms with Crippen LogP contribution in [-0.2, 0) is 63.4 Å². The number of thiazole rings is 1. The van der Waals surface area contributed by atoms with Gasteiger partial charge >= 0.3 is 12.3 Å². The predicted molar refractivity (Wildman–Crippen MR) is 289 cm³/mol. The lowest BCUT2D eigenvalue weighted by Gasteiger charge is -2.35. The maximum Gasteiger partial charge on any atom is 0.418 e. The molecule has 2 aliphatic heterocycles. The smallest absolute Gasteiger partial charge is 0.418 e. The number of carbonyl (C=O) groups excluding carboxylic acids is 8. The molecule has 7 amide bonds. The Labute approximate surface area is 462 Å². The number of hydrogen-bond donors (Lipinski definition) is 4. The van der Waals surface area contributed by atoms with E-state index in [9.17, 15) is 56.6 Å². The fraction of sp³-hybridized carbons (Fsp3) is 0.500. The van der Waals surface area contributed by atoms with E-state index in [2.05, 4.69) is 20.9 Å². The first-order valence-electron chi connectivity index (χ1n) is 26.8. The monoisotopic (exact) mass is 1110 g/mol. The predicted octanol–water partition coefficient (Wildman–Crippen LogP) is 8.35. The Balaban J connectivity index is 0.795. The number of rotatable bonds is 23. The molecule has 4 aromatic rings. The van der Waals surface area contributed by atoms with Gasteiger partial charge in [-0.05, 0) is 79.8 Å². The summed E-state index contributed by atoms with van der Waals surface area (Å²) in [6.45, 7) is 8.95. The molecular formula is C58H70F3N7O10S. The zero-order chi connectivity index (χ0) is 57.4. The van der Waals surface area contributed by atoms with E-state index in [1.807, 2.05) is 58.9 Å². The molecule has 3 aromatic carbocycles. The molecule has 79 heavy (non-hydrogen) atoms. The van der Waals surface area contributed by atoms with E-state index < -0.39 is 84.2 Å². The van der Waals surface area contributed by atoms with E-state index in [0.717, 1.165) is 47.0 Å². The molecule has 4 N–H and O–H groups in total. The molecule has 3 aliphatic rings. The maximum atomic E-state index is 14.0. The number of ketones is 1. The molecule has 424 valence electrons. The van der Waals surface area contributed by atoms with Gasteiger partial charge in [-0.3, -0.25) is 33.6 Å². The minimum absolute atomic E-state index is 0.0158. The van der Waals surface area contributed by atoms with Crippen LogP contribution in [0.2, 0.25) is 0 Å². The van der Waals surface area contributed by atoms with Crippen molar-refractivity contribution in [1.82, 2.24) is 30.3 Å². The number of halogens is 3. The maximum absolute atomic E-state index is 14.0. The topological polar surface area (TPSA) is 225 Å².